The predicted octanol–water partition coefficient (Wildman–Crippen LogP) is 1.29. The van der Waals surface area contributed by atoms with E-state index >= 15 is 0 Å². The summed E-state index contributed by atoms with van der Waals surface area (Å²) >= 11 is 0. The van der Waals surface area contributed by atoms with Crippen molar-refractivity contribution in [2.45, 2.75) is 25.7 Å². The average Bonchev–Trinajstić information content (AvgIpc) is 3.03. The highest BCUT2D eigenvalue weighted by Crippen LogP contribution is 2.33. The summed E-state index contributed by atoms with van der Waals surface area (Å²) in [6, 6.07) is 0. The van der Waals surface area contributed by atoms with Gasteiger partial charge in [0.1, 0.15) is 0 Å². The molecule has 0 aromatic rings. The first kappa shape index (κ1) is 10.9. The number of carbonyl (C=O) groups is 1. The molecule has 1 N–H and O–H groups in total. The molecule has 1 aliphatic carbocycles. The van der Waals surface area contributed by atoms with Gasteiger partial charge < -0.3 is 14.6 Å². The minimum atomic E-state index is -0.735. The van der Waals surface area contributed by atoms with E-state index in [0.717, 1.165) is 6.61 Å². The van der Waals surface area contributed by atoms with Crippen molar-refractivity contribution in [1.29, 1.82) is 0 Å². The van der Waals surface area contributed by atoms with Crippen molar-refractivity contribution >= 4 is 5.97 Å². The largest absolute Gasteiger partial charge is 0.481 e. The van der Waals surface area contributed by atoms with Gasteiger partial charge in [0.2, 0.25) is 0 Å². The highest BCUT2D eigenvalue weighted by molar-refractivity contribution is 5.74. The first-order valence-corrected chi connectivity index (χ1v) is 5.62. The maximum Gasteiger partial charge on any atom is 0.312 e. The first-order chi connectivity index (χ1) is 7.23. The summed E-state index contributed by atoms with van der Waals surface area (Å²) in [5, 5.41) is 9.23. The van der Waals surface area contributed by atoms with Crippen LogP contribution in [-0.2, 0) is 14.3 Å². The molecule has 1 aliphatic heterocycles. The third-order valence-corrected chi connectivity index (χ3v) is 3.33. The maximum atomic E-state index is 11.2. The van der Waals surface area contributed by atoms with Crippen LogP contribution in [0.25, 0.3) is 0 Å². The Bertz CT molecular complexity index is 229. The van der Waals surface area contributed by atoms with Crippen LogP contribution in [0.15, 0.2) is 0 Å². The molecular weight excluding hydrogens is 196 g/mol. The average molecular weight is 214 g/mol. The van der Waals surface area contributed by atoms with E-state index in [1.165, 1.54) is 12.8 Å². The topological polar surface area (TPSA) is 55.8 Å². The van der Waals surface area contributed by atoms with Crippen LogP contribution in [0.3, 0.4) is 0 Å². The number of rotatable bonds is 5. The second-order valence-corrected chi connectivity index (χ2v) is 4.66. The van der Waals surface area contributed by atoms with Gasteiger partial charge in [-0.2, -0.15) is 0 Å². The van der Waals surface area contributed by atoms with E-state index in [4.69, 9.17) is 9.47 Å². The molecule has 0 unspecified atom stereocenters. The summed E-state index contributed by atoms with van der Waals surface area (Å²) in [5.41, 5.74) is -0.687. The molecule has 2 aliphatic rings. The molecule has 4 heteroatoms. The predicted molar refractivity (Wildman–Crippen MR) is 53.7 cm³/mol. The van der Waals surface area contributed by atoms with Gasteiger partial charge in [-0.1, -0.05) is 0 Å². The van der Waals surface area contributed by atoms with Gasteiger partial charge >= 0.3 is 5.97 Å². The van der Waals surface area contributed by atoms with Gasteiger partial charge in [0.25, 0.3) is 0 Å². The number of carboxylic acids is 1. The van der Waals surface area contributed by atoms with Crippen LogP contribution < -0.4 is 0 Å². The molecule has 1 saturated heterocycles. The lowest BCUT2D eigenvalue weighted by Crippen LogP contribution is -2.41. The Labute approximate surface area is 89.6 Å². The monoisotopic (exact) mass is 214 g/mol. The van der Waals surface area contributed by atoms with Gasteiger partial charge in [0.15, 0.2) is 0 Å². The SMILES string of the molecule is O=C(O)C1(COCC2CC2)CCOCC1. The van der Waals surface area contributed by atoms with Crippen molar-refractivity contribution in [1.82, 2.24) is 0 Å². The summed E-state index contributed by atoms with van der Waals surface area (Å²) in [6.07, 6.45) is 3.63. The molecule has 2 rings (SSSR count). The normalized spacial score (nSPS) is 25.1. The highest BCUT2D eigenvalue weighted by atomic mass is 16.5. The molecule has 1 saturated carbocycles. The lowest BCUT2D eigenvalue weighted by molar-refractivity contribution is -0.160. The zero-order chi connectivity index (χ0) is 10.7. The van der Waals surface area contributed by atoms with E-state index in [0.29, 0.717) is 38.6 Å². The van der Waals surface area contributed by atoms with E-state index in [1.807, 2.05) is 0 Å². The van der Waals surface area contributed by atoms with Crippen LogP contribution in [0.1, 0.15) is 25.7 Å². The van der Waals surface area contributed by atoms with Crippen LogP contribution in [-0.4, -0.2) is 37.5 Å². The summed E-state index contributed by atoms with van der Waals surface area (Å²) in [4.78, 5) is 11.2. The zero-order valence-corrected chi connectivity index (χ0v) is 8.91. The minimum absolute atomic E-state index is 0.349. The van der Waals surface area contributed by atoms with Gasteiger partial charge in [0.05, 0.1) is 12.0 Å². The Balaban J connectivity index is 1.82. The Hall–Kier alpha value is -0.610. The number of aliphatic carboxylic acids is 1. The summed E-state index contributed by atoms with van der Waals surface area (Å²) in [6.45, 7) is 2.16. The molecule has 0 radical (unpaired) electrons. The van der Waals surface area contributed by atoms with Gasteiger partial charge in [-0.25, -0.2) is 0 Å². The molecule has 2 fully saturated rings. The maximum absolute atomic E-state index is 11.2. The van der Waals surface area contributed by atoms with E-state index in [2.05, 4.69) is 0 Å². The molecule has 0 amide bonds. The molecule has 0 bridgehead atoms. The van der Waals surface area contributed by atoms with Crippen LogP contribution >= 0.6 is 0 Å². The van der Waals surface area contributed by atoms with Crippen molar-refractivity contribution in [2.24, 2.45) is 11.3 Å². The van der Waals surface area contributed by atoms with Crippen LogP contribution in [0.2, 0.25) is 0 Å². The Morgan fingerprint density at radius 3 is 2.60 bits per heavy atom. The smallest absolute Gasteiger partial charge is 0.312 e. The Morgan fingerprint density at radius 2 is 2.07 bits per heavy atom. The number of ether oxygens (including phenoxy) is 2. The minimum Gasteiger partial charge on any atom is -0.481 e. The Kier molecular flexibility index (Phi) is 3.26. The number of hydrogen-bond donors (Lipinski definition) is 1. The summed E-state index contributed by atoms with van der Waals surface area (Å²) in [7, 11) is 0. The van der Waals surface area contributed by atoms with Crippen molar-refractivity contribution in [2.75, 3.05) is 26.4 Å². The standard InChI is InChI=1S/C11H18O4/c12-10(13)11(3-5-14-6-4-11)8-15-7-9-1-2-9/h9H,1-8H2,(H,12,13). The van der Waals surface area contributed by atoms with Gasteiger partial charge in [-0.05, 0) is 31.6 Å². The highest BCUT2D eigenvalue weighted by Gasteiger charge is 2.40. The number of hydrogen-bond acceptors (Lipinski definition) is 3. The fourth-order valence-electron chi connectivity index (χ4n) is 1.89. The van der Waals surface area contributed by atoms with Crippen molar-refractivity contribution < 1.29 is 19.4 Å². The summed E-state index contributed by atoms with van der Waals surface area (Å²) < 4.78 is 10.7. The van der Waals surface area contributed by atoms with Gasteiger partial charge in [0, 0.05) is 19.8 Å². The molecule has 0 aromatic heterocycles. The Morgan fingerprint density at radius 1 is 1.40 bits per heavy atom. The third-order valence-electron chi connectivity index (χ3n) is 3.33. The molecule has 4 nitrogen and oxygen atoms in total. The second-order valence-electron chi connectivity index (χ2n) is 4.66. The van der Waals surface area contributed by atoms with E-state index < -0.39 is 11.4 Å². The van der Waals surface area contributed by atoms with Crippen LogP contribution in [0.4, 0.5) is 0 Å². The van der Waals surface area contributed by atoms with Crippen molar-refractivity contribution in [3.63, 3.8) is 0 Å². The fourth-order valence-corrected chi connectivity index (χ4v) is 1.89. The molecule has 0 atom stereocenters. The molecule has 86 valence electrons. The molecule has 0 spiro atoms. The van der Waals surface area contributed by atoms with Gasteiger partial charge in [-0.15, -0.1) is 0 Å². The van der Waals surface area contributed by atoms with E-state index in [9.17, 15) is 9.90 Å². The molecule has 0 aromatic carbocycles. The first-order valence-electron chi connectivity index (χ1n) is 5.62. The lowest BCUT2D eigenvalue weighted by Gasteiger charge is -2.32. The number of carboxylic acid groups (broad SMARTS) is 1. The summed E-state index contributed by atoms with van der Waals surface area (Å²) in [5.74, 6) is -0.0442. The fraction of sp³-hybridized carbons (Fsp3) is 0.909. The third kappa shape index (κ3) is 2.69. The molecular formula is C11H18O4. The second kappa shape index (κ2) is 4.49. The molecule has 1 heterocycles. The lowest BCUT2D eigenvalue weighted by atomic mass is 9.81. The van der Waals surface area contributed by atoms with Crippen LogP contribution in [0, 0.1) is 11.3 Å². The quantitative estimate of drug-likeness (QED) is 0.749. The zero-order valence-electron chi connectivity index (χ0n) is 8.91. The van der Waals surface area contributed by atoms with Crippen LogP contribution in [0.5, 0.6) is 0 Å². The van der Waals surface area contributed by atoms with Crippen molar-refractivity contribution in [3.8, 4) is 0 Å². The van der Waals surface area contributed by atoms with Gasteiger partial charge in [-0.3, -0.25) is 4.79 Å². The molecule has 15 heavy (non-hydrogen) atoms. The van der Waals surface area contributed by atoms with Crippen molar-refractivity contribution in [3.05, 3.63) is 0 Å². The van der Waals surface area contributed by atoms with E-state index in [-0.39, 0.29) is 0 Å². The van der Waals surface area contributed by atoms with E-state index in [1.54, 1.807) is 0 Å².